The number of hydrogen-bond donors (Lipinski definition) is 1. The Morgan fingerprint density at radius 1 is 1.38 bits per heavy atom. The molecule has 1 N–H and O–H groups in total. The first-order valence-corrected chi connectivity index (χ1v) is 6.10. The van der Waals surface area contributed by atoms with Crippen LogP contribution in [0.4, 0.5) is 0 Å². The Morgan fingerprint density at radius 2 is 2.06 bits per heavy atom. The van der Waals surface area contributed by atoms with Crippen molar-refractivity contribution in [2.75, 3.05) is 0 Å². The van der Waals surface area contributed by atoms with Gasteiger partial charge in [0.25, 0.3) is 0 Å². The molecule has 0 saturated carbocycles. The van der Waals surface area contributed by atoms with Crippen LogP contribution in [0.3, 0.4) is 0 Å². The van der Waals surface area contributed by atoms with Gasteiger partial charge in [-0.1, -0.05) is 33.8 Å². The van der Waals surface area contributed by atoms with E-state index in [9.17, 15) is 5.11 Å². The predicted octanol–water partition coefficient (Wildman–Crippen LogP) is 2.92. The zero-order chi connectivity index (χ0) is 12.0. The number of nitrogens with zero attached hydrogens (tertiary/aromatic N) is 1. The van der Waals surface area contributed by atoms with Crippen molar-refractivity contribution in [3.8, 4) is 0 Å². The molecule has 0 fully saturated rings. The number of aliphatic hydroxyl groups is 1. The maximum absolute atomic E-state index is 10.5. The third kappa shape index (κ3) is 1.75. The topological polar surface area (TPSA) is 33.1 Å². The van der Waals surface area contributed by atoms with Crippen molar-refractivity contribution in [2.45, 2.75) is 58.0 Å². The van der Waals surface area contributed by atoms with Crippen LogP contribution in [0.1, 0.15) is 57.5 Å². The maximum Gasteiger partial charge on any atom is 0.107 e. The molecule has 1 aliphatic rings. The average molecular weight is 219 g/mol. The Labute approximate surface area is 97.7 Å². The second-order valence-electron chi connectivity index (χ2n) is 5.84. The lowest BCUT2D eigenvalue weighted by atomic mass is 9.90. The minimum absolute atomic E-state index is 0.0479. The molecule has 0 aromatic carbocycles. The molecule has 1 aromatic rings. The van der Waals surface area contributed by atoms with Crippen molar-refractivity contribution in [1.29, 1.82) is 0 Å². The van der Waals surface area contributed by atoms with Crippen LogP contribution in [-0.4, -0.2) is 10.1 Å². The highest BCUT2D eigenvalue weighted by molar-refractivity contribution is 5.34. The monoisotopic (exact) mass is 219 g/mol. The van der Waals surface area contributed by atoms with E-state index in [0.29, 0.717) is 0 Å². The van der Waals surface area contributed by atoms with Crippen LogP contribution in [0.15, 0.2) is 12.1 Å². The third-order valence-electron chi connectivity index (χ3n) is 3.58. The van der Waals surface area contributed by atoms with Crippen LogP contribution in [-0.2, 0) is 17.4 Å². The molecule has 2 nitrogen and oxygen atoms in total. The molecule has 1 aliphatic carbocycles. The molecule has 16 heavy (non-hydrogen) atoms. The number of aryl methyl sites for hydroxylation is 1. The number of fused-ring (bicyclic) bond motifs is 1. The third-order valence-corrected chi connectivity index (χ3v) is 3.58. The van der Waals surface area contributed by atoms with Gasteiger partial charge in [-0.05, 0) is 30.9 Å². The Bertz CT molecular complexity index is 406. The lowest BCUT2D eigenvalue weighted by molar-refractivity contribution is 0.0303. The second-order valence-corrected chi connectivity index (χ2v) is 5.84. The van der Waals surface area contributed by atoms with E-state index in [2.05, 4.69) is 32.9 Å². The fourth-order valence-corrected chi connectivity index (χ4v) is 2.31. The fourth-order valence-electron chi connectivity index (χ4n) is 2.31. The van der Waals surface area contributed by atoms with Gasteiger partial charge in [0.15, 0.2) is 0 Å². The summed E-state index contributed by atoms with van der Waals surface area (Å²) >= 11 is 0. The van der Waals surface area contributed by atoms with Crippen LogP contribution < -0.4 is 0 Å². The van der Waals surface area contributed by atoms with Crippen LogP contribution >= 0.6 is 0 Å². The van der Waals surface area contributed by atoms with Crippen molar-refractivity contribution >= 4 is 0 Å². The number of hydrogen-bond acceptors (Lipinski definition) is 2. The lowest BCUT2D eigenvalue weighted by Crippen LogP contribution is -2.24. The van der Waals surface area contributed by atoms with Crippen molar-refractivity contribution in [1.82, 2.24) is 4.98 Å². The van der Waals surface area contributed by atoms with Gasteiger partial charge in [0, 0.05) is 11.1 Å². The predicted molar refractivity (Wildman–Crippen MR) is 65.4 cm³/mol. The summed E-state index contributed by atoms with van der Waals surface area (Å²) in [4.78, 5) is 4.70. The molecule has 2 heteroatoms. The molecule has 1 atom stereocenters. The van der Waals surface area contributed by atoms with Crippen LogP contribution in [0.25, 0.3) is 0 Å². The van der Waals surface area contributed by atoms with E-state index >= 15 is 0 Å². The highest BCUT2D eigenvalue weighted by Crippen LogP contribution is 2.38. The zero-order valence-electron chi connectivity index (χ0n) is 10.7. The van der Waals surface area contributed by atoms with Crippen LogP contribution in [0.5, 0.6) is 0 Å². The van der Waals surface area contributed by atoms with E-state index in [1.807, 2.05) is 6.92 Å². The normalized spacial score (nSPS) is 24.6. The first-order chi connectivity index (χ1) is 7.37. The summed E-state index contributed by atoms with van der Waals surface area (Å²) in [6.07, 6.45) is 2.52. The fraction of sp³-hybridized carbons (Fsp3) is 0.643. The molecule has 0 saturated heterocycles. The van der Waals surface area contributed by atoms with Crippen LogP contribution in [0, 0.1) is 0 Å². The van der Waals surface area contributed by atoms with E-state index in [4.69, 9.17) is 4.98 Å². The minimum Gasteiger partial charge on any atom is -0.384 e. The number of pyridine rings is 1. The summed E-state index contributed by atoms with van der Waals surface area (Å²) in [5, 5.41) is 10.5. The molecule has 88 valence electrons. The van der Waals surface area contributed by atoms with E-state index < -0.39 is 5.60 Å². The van der Waals surface area contributed by atoms with Crippen LogP contribution in [0.2, 0.25) is 0 Å². The standard InChI is InChI=1S/C14H21NO/c1-5-14(16)9-8-10-6-7-11(13(2,3)4)15-12(10)14/h6-7,16H,5,8-9H2,1-4H3/t14-/m1/s1. The Morgan fingerprint density at radius 3 is 2.62 bits per heavy atom. The molecule has 2 rings (SSSR count). The summed E-state index contributed by atoms with van der Waals surface area (Å²) in [7, 11) is 0. The van der Waals surface area contributed by atoms with Gasteiger partial charge in [-0.15, -0.1) is 0 Å². The molecule has 1 heterocycles. The lowest BCUT2D eigenvalue weighted by Gasteiger charge is -2.24. The Hall–Kier alpha value is -0.890. The van der Waals surface area contributed by atoms with Gasteiger partial charge < -0.3 is 5.11 Å². The van der Waals surface area contributed by atoms with Crippen molar-refractivity contribution in [2.24, 2.45) is 0 Å². The molecule has 0 unspecified atom stereocenters. The van der Waals surface area contributed by atoms with Gasteiger partial charge in [-0.2, -0.15) is 0 Å². The van der Waals surface area contributed by atoms with Gasteiger partial charge >= 0.3 is 0 Å². The van der Waals surface area contributed by atoms with E-state index in [0.717, 1.165) is 30.7 Å². The highest BCUT2D eigenvalue weighted by atomic mass is 16.3. The minimum atomic E-state index is -0.684. The van der Waals surface area contributed by atoms with E-state index in [1.54, 1.807) is 0 Å². The molecule has 0 spiro atoms. The summed E-state index contributed by atoms with van der Waals surface area (Å²) in [6.45, 7) is 8.49. The van der Waals surface area contributed by atoms with E-state index in [1.165, 1.54) is 5.56 Å². The van der Waals surface area contributed by atoms with Gasteiger partial charge in [0.1, 0.15) is 5.60 Å². The van der Waals surface area contributed by atoms with Crippen molar-refractivity contribution in [3.05, 3.63) is 29.1 Å². The molecule has 0 bridgehead atoms. The van der Waals surface area contributed by atoms with E-state index in [-0.39, 0.29) is 5.41 Å². The molecule has 0 radical (unpaired) electrons. The van der Waals surface area contributed by atoms with Gasteiger partial charge in [-0.3, -0.25) is 4.98 Å². The summed E-state index contributed by atoms with van der Waals surface area (Å²) in [6, 6.07) is 4.23. The molecule has 1 aromatic heterocycles. The molecular weight excluding hydrogens is 198 g/mol. The largest absolute Gasteiger partial charge is 0.384 e. The maximum atomic E-state index is 10.5. The van der Waals surface area contributed by atoms with Gasteiger partial charge in [0.05, 0.1) is 5.69 Å². The van der Waals surface area contributed by atoms with Crippen molar-refractivity contribution in [3.63, 3.8) is 0 Å². The summed E-state index contributed by atoms with van der Waals surface area (Å²) < 4.78 is 0. The van der Waals surface area contributed by atoms with Gasteiger partial charge in [-0.25, -0.2) is 0 Å². The summed E-state index contributed by atoms with van der Waals surface area (Å²) in [5.41, 5.74) is 2.57. The molecular formula is C14H21NO. The average Bonchev–Trinajstić information content (AvgIpc) is 2.56. The smallest absolute Gasteiger partial charge is 0.107 e. The highest BCUT2D eigenvalue weighted by Gasteiger charge is 2.37. The first-order valence-electron chi connectivity index (χ1n) is 6.10. The number of rotatable bonds is 1. The zero-order valence-corrected chi connectivity index (χ0v) is 10.7. The van der Waals surface area contributed by atoms with Crippen molar-refractivity contribution < 1.29 is 5.11 Å². The quantitative estimate of drug-likeness (QED) is 0.787. The first kappa shape index (κ1) is 11.6. The van der Waals surface area contributed by atoms with Gasteiger partial charge in [0.2, 0.25) is 0 Å². The number of aromatic nitrogens is 1. The molecule has 0 amide bonds. The summed E-state index contributed by atoms with van der Waals surface area (Å²) in [5.74, 6) is 0. The Kier molecular flexibility index (Phi) is 2.58. The second kappa shape index (κ2) is 3.56. The SMILES string of the molecule is CC[C@@]1(O)CCc2ccc(C(C)(C)C)nc21. The molecule has 0 aliphatic heterocycles. The Balaban J connectivity index is 2.50.